The number of nitrogens with zero attached hydrogens (tertiary/aromatic N) is 2. The molecule has 1 aromatic heterocycles. The summed E-state index contributed by atoms with van der Waals surface area (Å²) in [6.45, 7) is 0.879. The van der Waals surface area contributed by atoms with Gasteiger partial charge in [0.25, 0.3) is 0 Å². The predicted molar refractivity (Wildman–Crippen MR) is 72.0 cm³/mol. The van der Waals surface area contributed by atoms with Crippen LogP contribution in [0.25, 0.3) is 0 Å². The maximum atomic E-state index is 11.8. The van der Waals surface area contributed by atoms with E-state index in [4.69, 9.17) is 9.84 Å². The van der Waals surface area contributed by atoms with Gasteiger partial charge < -0.3 is 25.0 Å². The van der Waals surface area contributed by atoms with E-state index in [0.29, 0.717) is 19.2 Å². The third kappa shape index (κ3) is 3.15. The van der Waals surface area contributed by atoms with E-state index in [1.165, 1.54) is 12.5 Å². The first kappa shape index (κ1) is 13.9. The van der Waals surface area contributed by atoms with Gasteiger partial charge in [-0.15, -0.1) is 0 Å². The number of urea groups is 1. The molecule has 3 N–H and O–H groups in total. The molecule has 2 aliphatic heterocycles. The third-order valence-corrected chi connectivity index (χ3v) is 3.93. The van der Waals surface area contributed by atoms with E-state index >= 15 is 0 Å². The summed E-state index contributed by atoms with van der Waals surface area (Å²) in [7, 11) is 0. The minimum atomic E-state index is -1.06. The lowest BCUT2D eigenvalue weighted by molar-refractivity contribution is 0.0691. The van der Waals surface area contributed by atoms with Gasteiger partial charge >= 0.3 is 12.0 Å². The molecule has 0 aliphatic carbocycles. The fourth-order valence-electron chi connectivity index (χ4n) is 2.90. The predicted octanol–water partition coefficient (Wildman–Crippen LogP) is 0.200. The number of fused-ring (bicyclic) bond motifs is 2. The van der Waals surface area contributed by atoms with Gasteiger partial charge in [0.05, 0.1) is 24.6 Å². The van der Waals surface area contributed by atoms with Gasteiger partial charge in [0.2, 0.25) is 0 Å². The van der Waals surface area contributed by atoms with Crippen molar-refractivity contribution in [3.05, 3.63) is 18.2 Å². The Kier molecular flexibility index (Phi) is 3.78. The number of aromatic carboxylic acids is 1. The van der Waals surface area contributed by atoms with E-state index in [1.807, 2.05) is 0 Å². The fraction of sp³-hybridized carbons (Fsp3) is 0.615. The molecular formula is C13H18N4O4. The fourth-order valence-corrected chi connectivity index (χ4v) is 2.90. The second kappa shape index (κ2) is 5.72. The number of rotatable bonds is 5. The zero-order chi connectivity index (χ0) is 14.8. The highest BCUT2D eigenvalue weighted by Crippen LogP contribution is 2.34. The monoisotopic (exact) mass is 294 g/mol. The highest BCUT2D eigenvalue weighted by atomic mass is 16.5. The van der Waals surface area contributed by atoms with Gasteiger partial charge in [-0.3, -0.25) is 0 Å². The number of carboxylic acids is 1. The van der Waals surface area contributed by atoms with Crippen LogP contribution in [0.2, 0.25) is 0 Å². The lowest BCUT2D eigenvalue weighted by Gasteiger charge is -2.20. The lowest BCUT2D eigenvalue weighted by Crippen LogP contribution is -2.46. The molecule has 0 radical (unpaired) electrons. The molecule has 114 valence electrons. The molecule has 3 heterocycles. The van der Waals surface area contributed by atoms with Crippen molar-refractivity contribution in [2.24, 2.45) is 0 Å². The molecule has 3 unspecified atom stereocenters. The second-order valence-corrected chi connectivity index (χ2v) is 5.42. The number of carboxylic acid groups (broad SMARTS) is 1. The summed E-state index contributed by atoms with van der Waals surface area (Å²) in [4.78, 5) is 26.2. The molecule has 0 spiro atoms. The summed E-state index contributed by atoms with van der Waals surface area (Å²) in [5.74, 6) is -1.06. The van der Waals surface area contributed by atoms with Crippen molar-refractivity contribution in [2.75, 3.05) is 6.54 Å². The van der Waals surface area contributed by atoms with Gasteiger partial charge in [-0.05, 0) is 19.3 Å². The second-order valence-electron chi connectivity index (χ2n) is 5.42. The lowest BCUT2D eigenvalue weighted by atomic mass is 9.96. The Morgan fingerprint density at radius 3 is 2.95 bits per heavy atom. The number of aromatic nitrogens is 2. The summed E-state index contributed by atoms with van der Waals surface area (Å²) in [6, 6.07) is -0.106. The number of carbonyl (C=O) groups is 2. The first-order valence-electron chi connectivity index (χ1n) is 7.06. The van der Waals surface area contributed by atoms with Gasteiger partial charge in [-0.25, -0.2) is 14.6 Å². The number of nitrogens with one attached hydrogen (secondary N) is 2. The summed E-state index contributed by atoms with van der Waals surface area (Å²) >= 11 is 0. The summed E-state index contributed by atoms with van der Waals surface area (Å²) < 4.78 is 7.30. The number of carbonyl (C=O) groups excluding carboxylic acids is 1. The number of imidazole rings is 1. The molecule has 3 atom stereocenters. The molecule has 2 bridgehead atoms. The minimum absolute atomic E-state index is 0.00131. The Hall–Kier alpha value is -2.09. The third-order valence-electron chi connectivity index (χ3n) is 3.93. The Labute approximate surface area is 121 Å². The zero-order valence-corrected chi connectivity index (χ0v) is 11.5. The van der Waals surface area contributed by atoms with Crippen LogP contribution in [0.1, 0.15) is 29.8 Å². The van der Waals surface area contributed by atoms with Crippen molar-refractivity contribution in [3.63, 3.8) is 0 Å². The van der Waals surface area contributed by atoms with E-state index in [1.54, 1.807) is 4.57 Å². The highest BCUT2D eigenvalue weighted by Gasteiger charge is 2.41. The van der Waals surface area contributed by atoms with Crippen LogP contribution in [0, 0.1) is 0 Å². The molecule has 2 amide bonds. The van der Waals surface area contributed by atoms with Gasteiger partial charge in [-0.2, -0.15) is 0 Å². The molecule has 2 aliphatic rings. The number of ether oxygens (including phenoxy) is 1. The molecule has 3 rings (SSSR count). The van der Waals surface area contributed by atoms with Crippen LogP contribution in [0.4, 0.5) is 4.79 Å². The van der Waals surface area contributed by atoms with Crippen molar-refractivity contribution in [2.45, 2.75) is 44.1 Å². The van der Waals surface area contributed by atoms with E-state index in [2.05, 4.69) is 15.6 Å². The van der Waals surface area contributed by atoms with Crippen molar-refractivity contribution in [1.29, 1.82) is 0 Å². The Morgan fingerprint density at radius 2 is 2.33 bits per heavy atom. The smallest absolute Gasteiger partial charge is 0.356 e. The molecule has 8 heteroatoms. The topological polar surface area (TPSA) is 105 Å². The quantitative estimate of drug-likeness (QED) is 0.719. The maximum absolute atomic E-state index is 11.8. The number of hydrogen-bond donors (Lipinski definition) is 3. The summed E-state index contributed by atoms with van der Waals surface area (Å²) in [6.07, 6.45) is 6.34. The molecule has 8 nitrogen and oxygen atoms in total. The van der Waals surface area contributed by atoms with Crippen LogP contribution >= 0.6 is 0 Å². The Morgan fingerprint density at radius 1 is 1.48 bits per heavy atom. The summed E-state index contributed by atoms with van der Waals surface area (Å²) in [5, 5.41) is 14.4. The van der Waals surface area contributed by atoms with Crippen LogP contribution in [0.5, 0.6) is 0 Å². The molecule has 2 fully saturated rings. The highest BCUT2D eigenvalue weighted by molar-refractivity contribution is 5.84. The SMILES string of the molecule is O=C(NCCn1cnc(C(=O)O)c1)NC1CC2CCC1O2. The Bertz CT molecular complexity index is 544. The maximum Gasteiger partial charge on any atom is 0.356 e. The average molecular weight is 294 g/mol. The van der Waals surface area contributed by atoms with Gasteiger partial charge in [0, 0.05) is 19.3 Å². The molecular weight excluding hydrogens is 276 g/mol. The van der Waals surface area contributed by atoms with Crippen LogP contribution < -0.4 is 10.6 Å². The first-order chi connectivity index (χ1) is 10.1. The molecule has 1 aromatic rings. The molecule has 0 aromatic carbocycles. The van der Waals surface area contributed by atoms with Gasteiger partial charge in [-0.1, -0.05) is 0 Å². The van der Waals surface area contributed by atoms with Crippen LogP contribution in [-0.2, 0) is 11.3 Å². The number of amides is 2. The Balaban J connectivity index is 1.38. The van der Waals surface area contributed by atoms with E-state index in [9.17, 15) is 9.59 Å². The van der Waals surface area contributed by atoms with Gasteiger partial charge in [0.15, 0.2) is 5.69 Å². The van der Waals surface area contributed by atoms with Crippen molar-refractivity contribution in [3.8, 4) is 0 Å². The summed E-state index contributed by atoms with van der Waals surface area (Å²) in [5.41, 5.74) is -0.00131. The average Bonchev–Trinajstić information content (AvgIpc) is 3.13. The largest absolute Gasteiger partial charge is 0.476 e. The molecule has 2 saturated heterocycles. The van der Waals surface area contributed by atoms with Crippen molar-refractivity contribution >= 4 is 12.0 Å². The number of hydrogen-bond acceptors (Lipinski definition) is 4. The normalized spacial score (nSPS) is 26.8. The van der Waals surface area contributed by atoms with Crippen LogP contribution in [-0.4, -0.2) is 51.5 Å². The van der Waals surface area contributed by atoms with Gasteiger partial charge in [0.1, 0.15) is 0 Å². The zero-order valence-electron chi connectivity index (χ0n) is 11.5. The van der Waals surface area contributed by atoms with Crippen molar-refractivity contribution in [1.82, 2.24) is 20.2 Å². The van der Waals surface area contributed by atoms with E-state index in [0.717, 1.165) is 19.3 Å². The van der Waals surface area contributed by atoms with E-state index < -0.39 is 5.97 Å². The standard InChI is InChI=1S/C13H18N4O4/c18-12(19)10-6-17(7-15-10)4-3-14-13(20)16-9-5-8-1-2-11(9)21-8/h6-9,11H,1-5H2,(H,18,19)(H2,14,16,20). The van der Waals surface area contributed by atoms with Crippen LogP contribution in [0.3, 0.4) is 0 Å². The minimum Gasteiger partial charge on any atom is -0.476 e. The van der Waals surface area contributed by atoms with E-state index in [-0.39, 0.29) is 23.9 Å². The first-order valence-corrected chi connectivity index (χ1v) is 7.06. The molecule has 21 heavy (non-hydrogen) atoms. The molecule has 0 saturated carbocycles. The van der Waals surface area contributed by atoms with Crippen molar-refractivity contribution < 1.29 is 19.4 Å². The van der Waals surface area contributed by atoms with Crippen LogP contribution in [0.15, 0.2) is 12.5 Å².